The van der Waals surface area contributed by atoms with Crippen LogP contribution in [-0.4, -0.2) is 24.6 Å². The van der Waals surface area contributed by atoms with Crippen LogP contribution in [0.3, 0.4) is 0 Å². The van der Waals surface area contributed by atoms with Gasteiger partial charge in [0.2, 0.25) is 0 Å². The number of nitrogens with zero attached hydrogens (tertiary/aromatic N) is 1. The summed E-state index contributed by atoms with van der Waals surface area (Å²) in [6.45, 7) is 1.72. The number of carbonyl (C=O) groups is 2. The van der Waals surface area contributed by atoms with E-state index >= 15 is 0 Å². The second-order valence-corrected chi connectivity index (χ2v) is 4.70. The third-order valence-electron chi connectivity index (χ3n) is 3.00. The van der Waals surface area contributed by atoms with E-state index in [1.54, 1.807) is 18.3 Å². The highest BCUT2D eigenvalue weighted by atomic mass is 16.2. The molecule has 0 radical (unpaired) electrons. The minimum Gasteiger partial charge on any atom is -0.343 e. The van der Waals surface area contributed by atoms with Crippen molar-refractivity contribution in [3.8, 4) is 0 Å². The molecule has 22 heavy (non-hydrogen) atoms. The molecule has 0 fully saturated rings. The van der Waals surface area contributed by atoms with Crippen LogP contribution < -0.4 is 10.7 Å². The van der Waals surface area contributed by atoms with Gasteiger partial charge >= 0.3 is 0 Å². The highest BCUT2D eigenvalue weighted by Crippen LogP contribution is 2.05. The Hall–Kier alpha value is -2.95. The molecule has 112 valence electrons. The van der Waals surface area contributed by atoms with Crippen LogP contribution in [0.25, 0.3) is 0 Å². The minimum absolute atomic E-state index is 0.126. The van der Waals surface area contributed by atoms with Gasteiger partial charge < -0.3 is 5.32 Å². The van der Waals surface area contributed by atoms with Crippen molar-refractivity contribution in [2.24, 2.45) is 5.10 Å². The molecule has 0 unspecified atom stereocenters. The first-order valence-electron chi connectivity index (χ1n) is 6.87. The number of nitrogens with one attached hydrogen (secondary N) is 2. The molecule has 0 aliphatic heterocycles. The van der Waals surface area contributed by atoms with Gasteiger partial charge in [0, 0.05) is 5.56 Å². The topological polar surface area (TPSA) is 70.6 Å². The number of hydrogen-bond donors (Lipinski definition) is 2. The summed E-state index contributed by atoms with van der Waals surface area (Å²) < 4.78 is 0. The molecule has 5 heteroatoms. The van der Waals surface area contributed by atoms with Crippen LogP contribution in [0.5, 0.6) is 0 Å². The van der Waals surface area contributed by atoms with Crippen molar-refractivity contribution in [1.82, 2.24) is 10.7 Å². The maximum Gasteiger partial charge on any atom is 0.259 e. The number of rotatable bonds is 5. The molecule has 0 heterocycles. The highest BCUT2D eigenvalue weighted by Gasteiger charge is 2.09. The smallest absolute Gasteiger partial charge is 0.259 e. The molecule has 0 aromatic heterocycles. The van der Waals surface area contributed by atoms with Crippen molar-refractivity contribution in [2.75, 3.05) is 6.54 Å². The predicted molar refractivity (Wildman–Crippen MR) is 85.7 cm³/mol. The van der Waals surface area contributed by atoms with Gasteiger partial charge in [-0.15, -0.1) is 0 Å². The molecule has 0 bridgehead atoms. The van der Waals surface area contributed by atoms with Gasteiger partial charge in [0.25, 0.3) is 11.8 Å². The van der Waals surface area contributed by atoms with Crippen LogP contribution in [-0.2, 0) is 4.79 Å². The second kappa shape index (κ2) is 7.73. The van der Waals surface area contributed by atoms with E-state index < -0.39 is 0 Å². The van der Waals surface area contributed by atoms with Gasteiger partial charge in [-0.3, -0.25) is 9.59 Å². The number of carbonyl (C=O) groups excluding carboxylic acids is 2. The second-order valence-electron chi connectivity index (χ2n) is 4.70. The molecule has 0 spiro atoms. The zero-order chi connectivity index (χ0) is 15.8. The Bertz CT molecular complexity index is 681. The summed E-state index contributed by atoms with van der Waals surface area (Å²) in [5, 5.41) is 6.40. The van der Waals surface area contributed by atoms with E-state index in [1.807, 2.05) is 49.4 Å². The Morgan fingerprint density at radius 2 is 1.73 bits per heavy atom. The number of hydrazone groups is 1. The van der Waals surface area contributed by atoms with E-state index in [0.29, 0.717) is 5.56 Å². The van der Waals surface area contributed by atoms with Gasteiger partial charge in [0.15, 0.2) is 0 Å². The monoisotopic (exact) mass is 295 g/mol. The molecule has 0 atom stereocenters. The molecule has 2 aromatic rings. The first kappa shape index (κ1) is 15.4. The van der Waals surface area contributed by atoms with Crippen molar-refractivity contribution in [2.45, 2.75) is 6.92 Å². The van der Waals surface area contributed by atoms with Crippen molar-refractivity contribution in [3.05, 3.63) is 71.3 Å². The lowest BCUT2D eigenvalue weighted by atomic mass is 10.1. The van der Waals surface area contributed by atoms with Crippen LogP contribution in [0, 0.1) is 6.92 Å². The lowest BCUT2D eigenvalue weighted by Crippen LogP contribution is -2.35. The first-order valence-corrected chi connectivity index (χ1v) is 6.87. The normalized spacial score (nSPS) is 10.4. The standard InChI is InChI=1S/C17H17N3O2/c1-13-7-5-6-10-15(13)17(22)18-12-16(21)20-19-11-14-8-3-2-4-9-14/h2-11H,12H2,1H3,(H,18,22)(H,20,21)/b19-11-. The number of benzene rings is 2. The Balaban J connectivity index is 1.80. The average Bonchev–Trinajstić information content (AvgIpc) is 2.54. The summed E-state index contributed by atoms with van der Waals surface area (Å²) in [5.74, 6) is -0.658. The lowest BCUT2D eigenvalue weighted by Gasteiger charge is -2.06. The summed E-state index contributed by atoms with van der Waals surface area (Å²) in [7, 11) is 0. The summed E-state index contributed by atoms with van der Waals surface area (Å²) in [6.07, 6.45) is 1.54. The molecular weight excluding hydrogens is 278 g/mol. The molecule has 0 aliphatic carbocycles. The fourth-order valence-electron chi connectivity index (χ4n) is 1.84. The molecular formula is C17H17N3O2. The largest absolute Gasteiger partial charge is 0.343 e. The average molecular weight is 295 g/mol. The first-order chi connectivity index (χ1) is 10.7. The van der Waals surface area contributed by atoms with Crippen molar-refractivity contribution < 1.29 is 9.59 Å². The zero-order valence-electron chi connectivity index (χ0n) is 12.2. The summed E-state index contributed by atoms with van der Waals surface area (Å²) >= 11 is 0. The fraction of sp³-hybridized carbons (Fsp3) is 0.118. The van der Waals surface area contributed by atoms with Gasteiger partial charge in [-0.1, -0.05) is 48.5 Å². The Labute approximate surface area is 129 Å². The fourth-order valence-corrected chi connectivity index (χ4v) is 1.84. The maximum atomic E-state index is 11.9. The van der Waals surface area contributed by atoms with Crippen LogP contribution >= 0.6 is 0 Å². The summed E-state index contributed by atoms with van der Waals surface area (Å²) in [6, 6.07) is 16.6. The van der Waals surface area contributed by atoms with Crippen LogP contribution in [0.2, 0.25) is 0 Å². The van der Waals surface area contributed by atoms with E-state index in [2.05, 4.69) is 15.8 Å². The molecule has 2 rings (SSSR count). The molecule has 0 aliphatic rings. The van der Waals surface area contributed by atoms with Gasteiger partial charge in [0.05, 0.1) is 12.8 Å². The number of amides is 2. The van der Waals surface area contributed by atoms with Crippen LogP contribution in [0.15, 0.2) is 59.7 Å². The van der Waals surface area contributed by atoms with Crippen molar-refractivity contribution in [3.63, 3.8) is 0 Å². The molecule has 0 saturated carbocycles. The molecule has 2 N–H and O–H groups in total. The van der Waals surface area contributed by atoms with Crippen LogP contribution in [0.1, 0.15) is 21.5 Å². The summed E-state index contributed by atoms with van der Waals surface area (Å²) in [5.41, 5.74) is 4.67. The third kappa shape index (κ3) is 4.56. The SMILES string of the molecule is Cc1ccccc1C(=O)NCC(=O)N/N=C\c1ccccc1. The van der Waals surface area contributed by atoms with Gasteiger partial charge in [0.1, 0.15) is 0 Å². The summed E-state index contributed by atoms with van der Waals surface area (Å²) in [4.78, 5) is 23.6. The third-order valence-corrected chi connectivity index (χ3v) is 3.00. The molecule has 2 aromatic carbocycles. The van der Waals surface area contributed by atoms with Gasteiger partial charge in [-0.05, 0) is 24.1 Å². The van der Waals surface area contributed by atoms with Gasteiger partial charge in [-0.2, -0.15) is 5.10 Å². The quantitative estimate of drug-likeness (QED) is 0.653. The zero-order valence-corrected chi connectivity index (χ0v) is 12.2. The predicted octanol–water partition coefficient (Wildman–Crippen LogP) is 1.88. The Morgan fingerprint density at radius 1 is 1.05 bits per heavy atom. The Kier molecular flexibility index (Phi) is 5.43. The molecule has 0 saturated heterocycles. The van der Waals surface area contributed by atoms with E-state index in [1.165, 1.54) is 0 Å². The van der Waals surface area contributed by atoms with E-state index in [4.69, 9.17) is 0 Å². The Morgan fingerprint density at radius 3 is 2.45 bits per heavy atom. The van der Waals surface area contributed by atoms with Crippen LogP contribution in [0.4, 0.5) is 0 Å². The molecule has 2 amide bonds. The lowest BCUT2D eigenvalue weighted by molar-refractivity contribution is -0.120. The number of hydrogen-bond acceptors (Lipinski definition) is 3. The van der Waals surface area contributed by atoms with Crippen molar-refractivity contribution in [1.29, 1.82) is 0 Å². The van der Waals surface area contributed by atoms with Gasteiger partial charge in [-0.25, -0.2) is 5.43 Å². The maximum absolute atomic E-state index is 11.9. The number of aryl methyl sites for hydroxylation is 1. The van der Waals surface area contributed by atoms with Crippen molar-refractivity contribution >= 4 is 18.0 Å². The minimum atomic E-state index is -0.380. The molecule has 5 nitrogen and oxygen atoms in total. The van der Waals surface area contributed by atoms with E-state index in [0.717, 1.165) is 11.1 Å². The van der Waals surface area contributed by atoms with E-state index in [9.17, 15) is 9.59 Å². The van der Waals surface area contributed by atoms with E-state index in [-0.39, 0.29) is 18.4 Å². The highest BCUT2D eigenvalue weighted by molar-refractivity contribution is 5.97.